The molecule has 0 saturated carbocycles. The molecule has 5 heteroatoms. The topological polar surface area (TPSA) is 55.6 Å². The second-order valence-corrected chi connectivity index (χ2v) is 6.36. The quantitative estimate of drug-likeness (QED) is 0.820. The monoisotopic (exact) mass is 306 g/mol. The van der Waals surface area contributed by atoms with Crippen molar-refractivity contribution < 1.29 is 9.53 Å². The normalized spacial score (nSPS) is 13.3. The summed E-state index contributed by atoms with van der Waals surface area (Å²) in [6, 6.07) is 5.80. The molecule has 0 aromatic heterocycles. The SMILES string of the molecule is CC(C)CN(CCC(N)=S)C(=O)c1ccc2c(c1)COC2. The lowest BCUT2D eigenvalue weighted by molar-refractivity contribution is 0.0741. The van der Waals surface area contributed by atoms with Crippen molar-refractivity contribution in [1.82, 2.24) is 4.90 Å². The van der Waals surface area contributed by atoms with Crippen LogP contribution in [0.25, 0.3) is 0 Å². The van der Waals surface area contributed by atoms with Gasteiger partial charge in [-0.15, -0.1) is 0 Å². The van der Waals surface area contributed by atoms with E-state index in [0.29, 0.717) is 49.2 Å². The van der Waals surface area contributed by atoms with Gasteiger partial charge in [-0.1, -0.05) is 32.1 Å². The van der Waals surface area contributed by atoms with Gasteiger partial charge in [0.2, 0.25) is 0 Å². The maximum atomic E-state index is 12.7. The van der Waals surface area contributed by atoms with E-state index in [1.54, 1.807) is 0 Å². The van der Waals surface area contributed by atoms with E-state index in [9.17, 15) is 4.79 Å². The third-order valence-electron chi connectivity index (χ3n) is 3.47. The Kier molecular flexibility index (Phi) is 5.31. The number of nitrogens with two attached hydrogens (primary N) is 1. The Morgan fingerprint density at radius 1 is 1.38 bits per heavy atom. The van der Waals surface area contributed by atoms with E-state index in [-0.39, 0.29) is 5.91 Å². The van der Waals surface area contributed by atoms with Gasteiger partial charge in [-0.3, -0.25) is 4.79 Å². The molecule has 1 amide bonds. The summed E-state index contributed by atoms with van der Waals surface area (Å²) in [5.74, 6) is 0.438. The van der Waals surface area contributed by atoms with E-state index in [4.69, 9.17) is 22.7 Å². The first-order valence-corrected chi connectivity index (χ1v) is 7.65. The summed E-state index contributed by atoms with van der Waals surface area (Å²) in [7, 11) is 0. The lowest BCUT2D eigenvalue weighted by Crippen LogP contribution is -2.36. The van der Waals surface area contributed by atoms with Crippen molar-refractivity contribution in [3.8, 4) is 0 Å². The fourth-order valence-electron chi connectivity index (χ4n) is 2.45. The fraction of sp³-hybridized carbons (Fsp3) is 0.500. The molecule has 1 aliphatic rings. The van der Waals surface area contributed by atoms with Crippen LogP contribution in [0, 0.1) is 5.92 Å². The Morgan fingerprint density at radius 3 is 2.76 bits per heavy atom. The van der Waals surface area contributed by atoms with Crippen LogP contribution in [0.1, 0.15) is 41.8 Å². The van der Waals surface area contributed by atoms with Gasteiger partial charge in [0.15, 0.2) is 0 Å². The van der Waals surface area contributed by atoms with Gasteiger partial charge < -0.3 is 15.4 Å². The summed E-state index contributed by atoms with van der Waals surface area (Å²) in [5.41, 5.74) is 8.55. The van der Waals surface area contributed by atoms with Crippen LogP contribution in [0.4, 0.5) is 0 Å². The van der Waals surface area contributed by atoms with Gasteiger partial charge in [0, 0.05) is 25.1 Å². The zero-order chi connectivity index (χ0) is 15.4. The van der Waals surface area contributed by atoms with Crippen molar-refractivity contribution >= 4 is 23.1 Å². The number of rotatable bonds is 6. The van der Waals surface area contributed by atoms with Gasteiger partial charge in [-0.05, 0) is 29.2 Å². The maximum Gasteiger partial charge on any atom is 0.253 e. The van der Waals surface area contributed by atoms with Crippen molar-refractivity contribution in [1.29, 1.82) is 0 Å². The van der Waals surface area contributed by atoms with Crippen molar-refractivity contribution in [3.05, 3.63) is 34.9 Å². The Balaban J connectivity index is 2.14. The predicted molar refractivity (Wildman–Crippen MR) is 87.1 cm³/mol. The fourth-order valence-corrected chi connectivity index (χ4v) is 2.54. The molecule has 0 aliphatic carbocycles. The van der Waals surface area contributed by atoms with E-state index < -0.39 is 0 Å². The average molecular weight is 306 g/mol. The molecule has 0 atom stereocenters. The van der Waals surface area contributed by atoms with Crippen LogP contribution in [-0.4, -0.2) is 28.9 Å². The molecule has 0 bridgehead atoms. The van der Waals surface area contributed by atoms with Crippen molar-refractivity contribution in [2.75, 3.05) is 13.1 Å². The van der Waals surface area contributed by atoms with E-state index in [1.165, 1.54) is 5.56 Å². The number of amides is 1. The molecule has 1 heterocycles. The summed E-state index contributed by atoms with van der Waals surface area (Å²) in [6.45, 7) is 6.69. The third-order valence-corrected chi connectivity index (χ3v) is 3.67. The Labute approximate surface area is 131 Å². The number of nitrogens with zero attached hydrogens (tertiary/aromatic N) is 1. The Hall–Kier alpha value is -1.46. The van der Waals surface area contributed by atoms with Gasteiger partial charge in [0.1, 0.15) is 0 Å². The van der Waals surface area contributed by atoms with Crippen molar-refractivity contribution in [3.63, 3.8) is 0 Å². The molecule has 0 spiro atoms. The van der Waals surface area contributed by atoms with Gasteiger partial charge in [-0.25, -0.2) is 0 Å². The smallest absolute Gasteiger partial charge is 0.253 e. The minimum absolute atomic E-state index is 0.0367. The standard InChI is InChI=1S/C16H22N2O2S/c1-11(2)8-18(6-5-15(17)21)16(19)12-3-4-13-9-20-10-14(13)7-12/h3-4,7,11H,5-6,8-10H2,1-2H3,(H2,17,21). The van der Waals surface area contributed by atoms with Crippen LogP contribution >= 0.6 is 12.2 Å². The van der Waals surface area contributed by atoms with Gasteiger partial charge >= 0.3 is 0 Å². The van der Waals surface area contributed by atoms with E-state index in [1.807, 2.05) is 23.1 Å². The molecule has 0 fully saturated rings. The lowest BCUT2D eigenvalue weighted by Gasteiger charge is -2.24. The van der Waals surface area contributed by atoms with Crippen molar-refractivity contribution in [2.45, 2.75) is 33.5 Å². The minimum Gasteiger partial charge on any atom is -0.393 e. The molecule has 0 radical (unpaired) electrons. The number of benzene rings is 1. The molecular formula is C16H22N2O2S. The van der Waals surface area contributed by atoms with Crippen molar-refractivity contribution in [2.24, 2.45) is 11.7 Å². The molecule has 2 N–H and O–H groups in total. The first-order chi connectivity index (χ1) is 9.97. The van der Waals surface area contributed by atoms with Crippen LogP contribution in [0.15, 0.2) is 18.2 Å². The van der Waals surface area contributed by atoms with E-state index >= 15 is 0 Å². The number of hydrogen-bond acceptors (Lipinski definition) is 3. The molecule has 4 nitrogen and oxygen atoms in total. The highest BCUT2D eigenvalue weighted by Crippen LogP contribution is 2.21. The molecule has 1 aromatic rings. The van der Waals surface area contributed by atoms with Crippen LogP contribution in [0.3, 0.4) is 0 Å². The molecular weight excluding hydrogens is 284 g/mol. The summed E-state index contributed by atoms with van der Waals surface area (Å²) in [4.78, 5) is 15.0. The van der Waals surface area contributed by atoms with Crippen LogP contribution in [0.2, 0.25) is 0 Å². The molecule has 1 aliphatic heterocycles. The zero-order valence-corrected chi connectivity index (χ0v) is 13.4. The second kappa shape index (κ2) is 7.00. The van der Waals surface area contributed by atoms with E-state index in [2.05, 4.69) is 13.8 Å². The summed E-state index contributed by atoms with van der Waals surface area (Å²) < 4.78 is 5.40. The molecule has 1 aromatic carbocycles. The molecule has 0 saturated heterocycles. The Morgan fingerprint density at radius 2 is 2.10 bits per heavy atom. The van der Waals surface area contributed by atoms with Crippen LogP contribution < -0.4 is 5.73 Å². The molecule has 114 valence electrons. The number of fused-ring (bicyclic) bond motifs is 1. The predicted octanol–water partition coefficient (Wildman–Crippen LogP) is 2.49. The highest BCUT2D eigenvalue weighted by molar-refractivity contribution is 7.80. The van der Waals surface area contributed by atoms with Gasteiger partial charge in [-0.2, -0.15) is 0 Å². The highest BCUT2D eigenvalue weighted by atomic mass is 32.1. The summed E-state index contributed by atoms with van der Waals surface area (Å²) >= 11 is 4.92. The number of ether oxygens (including phenoxy) is 1. The maximum absolute atomic E-state index is 12.7. The molecule has 2 rings (SSSR count). The van der Waals surface area contributed by atoms with E-state index in [0.717, 1.165) is 5.56 Å². The van der Waals surface area contributed by atoms with Crippen LogP contribution in [-0.2, 0) is 18.0 Å². The van der Waals surface area contributed by atoms with Crippen LogP contribution in [0.5, 0.6) is 0 Å². The number of carbonyl (C=O) groups excluding carboxylic acids is 1. The van der Waals surface area contributed by atoms with Gasteiger partial charge in [0.05, 0.1) is 18.2 Å². The first kappa shape index (κ1) is 15.9. The molecule has 0 unspecified atom stereocenters. The minimum atomic E-state index is 0.0367. The first-order valence-electron chi connectivity index (χ1n) is 7.24. The number of hydrogen-bond donors (Lipinski definition) is 1. The largest absolute Gasteiger partial charge is 0.393 e. The number of thiocarbonyl (C=S) groups is 1. The summed E-state index contributed by atoms with van der Waals surface area (Å²) in [6.07, 6.45) is 0.557. The third kappa shape index (κ3) is 4.25. The lowest BCUT2D eigenvalue weighted by atomic mass is 10.0. The number of carbonyl (C=O) groups is 1. The Bertz CT molecular complexity index is 543. The zero-order valence-electron chi connectivity index (χ0n) is 12.6. The highest BCUT2D eigenvalue weighted by Gasteiger charge is 2.19. The average Bonchev–Trinajstić information content (AvgIpc) is 2.89. The molecule has 21 heavy (non-hydrogen) atoms. The van der Waals surface area contributed by atoms with Gasteiger partial charge in [0.25, 0.3) is 5.91 Å². The summed E-state index contributed by atoms with van der Waals surface area (Å²) in [5, 5.41) is 0. The second-order valence-electron chi connectivity index (χ2n) is 5.84.